The molecule has 8 heteroatoms. The number of rotatable bonds is 3. The van der Waals surface area contributed by atoms with Crippen LogP contribution >= 0.6 is 0 Å². The number of likely N-dealkylation sites (tertiary alicyclic amines) is 1. The van der Waals surface area contributed by atoms with E-state index in [0.29, 0.717) is 6.54 Å². The molecule has 2 amide bonds. The Kier molecular flexibility index (Phi) is 4.34. The molecule has 120 valence electrons. The van der Waals surface area contributed by atoms with Crippen molar-refractivity contribution >= 4 is 12.0 Å². The van der Waals surface area contributed by atoms with E-state index >= 15 is 0 Å². The Balaban J connectivity index is 2.00. The van der Waals surface area contributed by atoms with Crippen molar-refractivity contribution in [1.82, 2.24) is 10.2 Å². The fraction of sp³-hybridized carbons (Fsp3) is 0.846. The Morgan fingerprint density at radius 3 is 2.62 bits per heavy atom. The first-order valence-corrected chi connectivity index (χ1v) is 7.05. The molecular formula is C13H19F3N2O3. The lowest BCUT2D eigenvalue weighted by Crippen LogP contribution is -2.50. The molecule has 4 atom stereocenters. The number of carboxylic acids is 1. The Labute approximate surface area is 120 Å². The molecule has 2 aliphatic rings. The van der Waals surface area contributed by atoms with Crippen LogP contribution in [-0.2, 0) is 4.79 Å². The molecule has 1 heterocycles. The van der Waals surface area contributed by atoms with Crippen LogP contribution in [0, 0.1) is 11.8 Å². The van der Waals surface area contributed by atoms with Crippen LogP contribution in [0.3, 0.4) is 0 Å². The van der Waals surface area contributed by atoms with E-state index in [1.807, 2.05) is 0 Å². The summed E-state index contributed by atoms with van der Waals surface area (Å²) in [6.07, 6.45) is -2.92. The summed E-state index contributed by atoms with van der Waals surface area (Å²) in [7, 11) is 0. The van der Waals surface area contributed by atoms with Gasteiger partial charge in [0, 0.05) is 12.6 Å². The van der Waals surface area contributed by atoms with Crippen LogP contribution in [0.5, 0.6) is 0 Å². The van der Waals surface area contributed by atoms with Gasteiger partial charge in [-0.3, -0.25) is 0 Å². The molecule has 0 aromatic rings. The van der Waals surface area contributed by atoms with E-state index < -0.39 is 36.7 Å². The van der Waals surface area contributed by atoms with Gasteiger partial charge in [0.15, 0.2) is 0 Å². The lowest BCUT2D eigenvalue weighted by Gasteiger charge is -2.26. The minimum atomic E-state index is -4.36. The summed E-state index contributed by atoms with van der Waals surface area (Å²) in [5.74, 6) is -1.01. The summed E-state index contributed by atoms with van der Waals surface area (Å²) in [6.45, 7) is 1.57. The minimum absolute atomic E-state index is 0.0776. The lowest BCUT2D eigenvalue weighted by molar-refractivity contribution is -0.143. The van der Waals surface area contributed by atoms with Gasteiger partial charge in [-0.2, -0.15) is 13.2 Å². The highest BCUT2D eigenvalue weighted by atomic mass is 19.4. The normalized spacial score (nSPS) is 30.1. The van der Waals surface area contributed by atoms with E-state index in [0.717, 1.165) is 19.3 Å². The number of hydrogen-bond acceptors (Lipinski definition) is 2. The number of nitrogens with zero attached hydrogens (tertiary/aromatic N) is 1. The Morgan fingerprint density at radius 2 is 2.05 bits per heavy atom. The molecule has 1 aliphatic heterocycles. The molecular weight excluding hydrogens is 289 g/mol. The number of fused-ring (bicyclic) bond motifs is 1. The number of carboxylic acid groups (broad SMARTS) is 1. The van der Waals surface area contributed by atoms with Gasteiger partial charge in [-0.1, -0.05) is 6.42 Å². The number of alkyl halides is 3. The highest BCUT2D eigenvalue weighted by Crippen LogP contribution is 2.42. The Hall–Kier alpha value is -1.47. The second-order valence-corrected chi connectivity index (χ2v) is 5.96. The van der Waals surface area contributed by atoms with Crippen LogP contribution in [0.2, 0.25) is 0 Å². The molecule has 1 saturated carbocycles. The van der Waals surface area contributed by atoms with Crippen LogP contribution in [0.1, 0.15) is 32.6 Å². The maximum Gasteiger partial charge on any atom is 0.391 e. The van der Waals surface area contributed by atoms with Crippen molar-refractivity contribution in [2.75, 3.05) is 6.54 Å². The average Bonchev–Trinajstić information content (AvgIpc) is 2.83. The lowest BCUT2D eigenvalue weighted by atomic mass is 9.94. The Morgan fingerprint density at radius 1 is 1.38 bits per heavy atom. The van der Waals surface area contributed by atoms with Crippen molar-refractivity contribution in [3.8, 4) is 0 Å². The molecule has 2 fully saturated rings. The van der Waals surface area contributed by atoms with E-state index in [-0.39, 0.29) is 11.8 Å². The number of urea groups is 1. The standard InChI is InChI=1S/C13H19F3N2O3/c1-7(5-13(14,15)16)17-12(21)18-6-8-3-2-4-9(8)10(18)11(19)20/h7-10H,2-6H2,1H3,(H,17,21)(H,19,20). The van der Waals surface area contributed by atoms with E-state index in [1.165, 1.54) is 11.8 Å². The van der Waals surface area contributed by atoms with Gasteiger partial charge < -0.3 is 15.3 Å². The van der Waals surface area contributed by atoms with Gasteiger partial charge in [-0.05, 0) is 31.6 Å². The van der Waals surface area contributed by atoms with Gasteiger partial charge in [0.25, 0.3) is 0 Å². The van der Waals surface area contributed by atoms with Gasteiger partial charge in [0.05, 0.1) is 6.42 Å². The third-order valence-electron chi connectivity index (χ3n) is 4.31. The topological polar surface area (TPSA) is 69.6 Å². The molecule has 1 aliphatic carbocycles. The summed E-state index contributed by atoms with van der Waals surface area (Å²) in [5, 5.41) is 11.6. The van der Waals surface area contributed by atoms with E-state index in [9.17, 15) is 27.9 Å². The van der Waals surface area contributed by atoms with E-state index in [4.69, 9.17) is 0 Å². The predicted octanol–water partition coefficient (Wildman–Crippen LogP) is 2.22. The highest BCUT2D eigenvalue weighted by molar-refractivity contribution is 5.84. The summed E-state index contributed by atoms with van der Waals surface area (Å²) in [4.78, 5) is 24.6. The van der Waals surface area contributed by atoms with Crippen molar-refractivity contribution in [2.45, 2.75) is 50.9 Å². The third-order valence-corrected chi connectivity index (χ3v) is 4.31. The number of hydrogen-bond donors (Lipinski definition) is 2. The minimum Gasteiger partial charge on any atom is -0.480 e. The molecule has 0 aromatic heterocycles. The number of nitrogens with one attached hydrogen (secondary N) is 1. The molecule has 2 rings (SSSR count). The summed E-state index contributed by atoms with van der Waals surface area (Å²) in [5.41, 5.74) is 0. The zero-order chi connectivity index (χ0) is 15.8. The first kappa shape index (κ1) is 15.9. The molecule has 0 aromatic carbocycles. The first-order chi connectivity index (χ1) is 9.69. The molecule has 1 saturated heterocycles. The number of carbonyl (C=O) groups is 2. The van der Waals surface area contributed by atoms with Gasteiger partial charge in [-0.15, -0.1) is 0 Å². The molecule has 5 nitrogen and oxygen atoms in total. The molecule has 0 spiro atoms. The maximum atomic E-state index is 12.3. The summed E-state index contributed by atoms with van der Waals surface area (Å²) < 4.78 is 36.8. The molecule has 0 radical (unpaired) electrons. The van der Waals surface area contributed by atoms with Crippen molar-refractivity contribution in [3.05, 3.63) is 0 Å². The van der Waals surface area contributed by atoms with Crippen molar-refractivity contribution in [2.24, 2.45) is 11.8 Å². The monoisotopic (exact) mass is 308 g/mol. The smallest absolute Gasteiger partial charge is 0.391 e. The zero-order valence-corrected chi connectivity index (χ0v) is 11.7. The molecule has 4 unspecified atom stereocenters. The highest BCUT2D eigenvalue weighted by Gasteiger charge is 2.49. The number of carbonyl (C=O) groups excluding carboxylic acids is 1. The van der Waals surface area contributed by atoms with Crippen LogP contribution < -0.4 is 5.32 Å². The third kappa shape index (κ3) is 3.59. The van der Waals surface area contributed by atoms with E-state index in [2.05, 4.69) is 5.32 Å². The number of halogens is 3. The average molecular weight is 308 g/mol. The summed E-state index contributed by atoms with van der Waals surface area (Å²) in [6, 6.07) is -2.71. The van der Waals surface area contributed by atoms with Crippen molar-refractivity contribution in [1.29, 1.82) is 0 Å². The van der Waals surface area contributed by atoms with E-state index in [1.54, 1.807) is 0 Å². The molecule has 0 bridgehead atoms. The van der Waals surface area contributed by atoms with Crippen LogP contribution in [0.15, 0.2) is 0 Å². The van der Waals surface area contributed by atoms with Gasteiger partial charge >= 0.3 is 18.2 Å². The second-order valence-electron chi connectivity index (χ2n) is 5.96. The van der Waals surface area contributed by atoms with Gasteiger partial charge in [0.2, 0.25) is 0 Å². The van der Waals surface area contributed by atoms with Crippen molar-refractivity contribution in [3.63, 3.8) is 0 Å². The zero-order valence-electron chi connectivity index (χ0n) is 11.7. The molecule has 2 N–H and O–H groups in total. The fourth-order valence-corrected chi connectivity index (χ4v) is 3.52. The SMILES string of the molecule is CC(CC(F)(F)F)NC(=O)N1CC2CCCC2C1C(=O)O. The quantitative estimate of drug-likeness (QED) is 0.840. The number of aliphatic carboxylic acids is 1. The fourth-order valence-electron chi connectivity index (χ4n) is 3.52. The summed E-state index contributed by atoms with van der Waals surface area (Å²) >= 11 is 0. The second kappa shape index (κ2) is 5.73. The first-order valence-electron chi connectivity index (χ1n) is 7.05. The van der Waals surface area contributed by atoms with Crippen LogP contribution in [0.25, 0.3) is 0 Å². The largest absolute Gasteiger partial charge is 0.480 e. The van der Waals surface area contributed by atoms with Gasteiger partial charge in [0.1, 0.15) is 6.04 Å². The maximum absolute atomic E-state index is 12.3. The van der Waals surface area contributed by atoms with Crippen LogP contribution in [0.4, 0.5) is 18.0 Å². The van der Waals surface area contributed by atoms with Gasteiger partial charge in [-0.25, -0.2) is 9.59 Å². The number of amides is 2. The predicted molar refractivity (Wildman–Crippen MR) is 67.6 cm³/mol. The molecule has 21 heavy (non-hydrogen) atoms. The van der Waals surface area contributed by atoms with Crippen LogP contribution in [-0.4, -0.2) is 46.8 Å². The van der Waals surface area contributed by atoms with Crippen molar-refractivity contribution < 1.29 is 27.9 Å². The Bertz CT molecular complexity index is 427.